The summed E-state index contributed by atoms with van der Waals surface area (Å²) in [6.45, 7) is 3.98. The molecule has 1 N–H and O–H groups in total. The summed E-state index contributed by atoms with van der Waals surface area (Å²) in [6.07, 6.45) is 3.43. The molecule has 1 aliphatic rings. The minimum absolute atomic E-state index is 0.196. The molecule has 7 nitrogen and oxygen atoms in total. The second-order valence-corrected chi connectivity index (χ2v) is 6.54. The van der Waals surface area contributed by atoms with Gasteiger partial charge in [-0.05, 0) is 38.1 Å². The predicted octanol–water partition coefficient (Wildman–Crippen LogP) is 3.37. The number of hydrogen-bond acceptors (Lipinski definition) is 6. The number of fused-ring (bicyclic) bond motifs is 2. The Morgan fingerprint density at radius 3 is 3.00 bits per heavy atom. The van der Waals surface area contributed by atoms with Crippen molar-refractivity contribution < 1.29 is 18.7 Å². The Morgan fingerprint density at radius 2 is 2.15 bits per heavy atom. The van der Waals surface area contributed by atoms with Gasteiger partial charge in [-0.25, -0.2) is 18.7 Å². The van der Waals surface area contributed by atoms with E-state index < -0.39 is 5.97 Å². The topological polar surface area (TPSA) is 77.8 Å². The summed E-state index contributed by atoms with van der Waals surface area (Å²) < 4.78 is 26.6. The molecule has 0 saturated carbocycles. The molecule has 27 heavy (non-hydrogen) atoms. The third-order valence-electron chi connectivity index (χ3n) is 4.48. The molecule has 1 aromatic carbocycles. The minimum Gasteiger partial charge on any atom is -0.490 e. The van der Waals surface area contributed by atoms with Gasteiger partial charge in [-0.15, -0.1) is 0 Å². The van der Waals surface area contributed by atoms with Crippen LogP contribution >= 0.6 is 0 Å². The maximum Gasteiger partial charge on any atom is 0.343 e. The third-order valence-corrected chi connectivity index (χ3v) is 4.48. The lowest BCUT2D eigenvalue weighted by atomic mass is 10.1. The minimum atomic E-state index is -0.477. The number of halogens is 1. The zero-order valence-corrected chi connectivity index (χ0v) is 15.0. The number of carbonyl (C=O) groups excluding carboxylic acids is 1. The Bertz CT molecular complexity index is 1000. The standard InChI is InChI=1S/C19H19FN4O3/c1-11-6-8-26-19(25)15-10-21-24-7-5-17(23-18(15)24)22-12(2)14-9-13(20)3-4-16(14)27-11/h3-5,7,9-12H,6,8H2,1-2H3,(H,22,23)/t11-,12?/m0/s1. The SMILES string of the molecule is CC1Nc2ccn3ncc(c3n2)C(=O)OCC[C@H](C)Oc2ccc(F)cc21. The second-order valence-electron chi connectivity index (χ2n) is 6.54. The molecule has 0 spiro atoms. The van der Waals surface area contributed by atoms with Crippen LogP contribution in [-0.2, 0) is 4.74 Å². The van der Waals surface area contributed by atoms with Crippen molar-refractivity contribution in [3.63, 3.8) is 0 Å². The quantitative estimate of drug-likeness (QED) is 0.612. The van der Waals surface area contributed by atoms with Gasteiger partial charge in [0.2, 0.25) is 0 Å². The molecule has 140 valence electrons. The predicted molar refractivity (Wildman–Crippen MR) is 96.4 cm³/mol. The zero-order chi connectivity index (χ0) is 19.0. The Kier molecular flexibility index (Phi) is 4.39. The van der Waals surface area contributed by atoms with E-state index in [1.807, 2.05) is 13.8 Å². The largest absolute Gasteiger partial charge is 0.490 e. The monoisotopic (exact) mass is 370 g/mol. The number of ether oxygens (including phenoxy) is 2. The molecule has 1 unspecified atom stereocenters. The van der Waals surface area contributed by atoms with Crippen molar-refractivity contribution >= 4 is 17.4 Å². The molecule has 2 aromatic heterocycles. The molecule has 0 radical (unpaired) electrons. The van der Waals surface area contributed by atoms with E-state index in [2.05, 4.69) is 15.4 Å². The van der Waals surface area contributed by atoms with Gasteiger partial charge < -0.3 is 14.8 Å². The highest BCUT2D eigenvalue weighted by Crippen LogP contribution is 2.30. The van der Waals surface area contributed by atoms with Crippen molar-refractivity contribution in [1.82, 2.24) is 14.6 Å². The highest BCUT2D eigenvalue weighted by Gasteiger charge is 2.20. The highest BCUT2D eigenvalue weighted by molar-refractivity contribution is 5.95. The van der Waals surface area contributed by atoms with Gasteiger partial charge in [0.15, 0.2) is 5.65 Å². The number of rotatable bonds is 0. The van der Waals surface area contributed by atoms with E-state index >= 15 is 0 Å². The molecule has 0 saturated heterocycles. The molecule has 4 rings (SSSR count). The normalized spacial score (nSPS) is 20.3. The molecular weight excluding hydrogens is 351 g/mol. The van der Waals surface area contributed by atoms with E-state index in [1.54, 1.807) is 18.3 Å². The number of cyclic esters (lactones) is 1. The fourth-order valence-corrected chi connectivity index (χ4v) is 3.03. The van der Waals surface area contributed by atoms with Crippen molar-refractivity contribution in [3.05, 3.63) is 53.6 Å². The zero-order valence-electron chi connectivity index (χ0n) is 15.0. The van der Waals surface area contributed by atoms with Gasteiger partial charge in [0.25, 0.3) is 0 Å². The number of aromatic nitrogens is 3. The molecule has 3 aromatic rings. The van der Waals surface area contributed by atoms with Crippen molar-refractivity contribution in [2.75, 3.05) is 11.9 Å². The lowest BCUT2D eigenvalue weighted by Crippen LogP contribution is -2.19. The van der Waals surface area contributed by atoms with E-state index in [-0.39, 0.29) is 24.6 Å². The van der Waals surface area contributed by atoms with E-state index in [9.17, 15) is 9.18 Å². The van der Waals surface area contributed by atoms with Crippen LogP contribution < -0.4 is 10.1 Å². The van der Waals surface area contributed by atoms with Crippen LogP contribution in [0.3, 0.4) is 0 Å². The van der Waals surface area contributed by atoms with Crippen LogP contribution in [0.25, 0.3) is 5.65 Å². The number of carbonyl (C=O) groups is 1. The molecular formula is C19H19FN4O3. The van der Waals surface area contributed by atoms with Crippen LogP contribution in [0.1, 0.15) is 42.2 Å². The molecule has 1 aliphatic heterocycles. The first kappa shape index (κ1) is 17.3. The van der Waals surface area contributed by atoms with Crippen LogP contribution in [0.2, 0.25) is 0 Å². The number of esters is 1. The summed E-state index contributed by atoms with van der Waals surface area (Å²) in [5.74, 6) is 0.299. The van der Waals surface area contributed by atoms with Gasteiger partial charge in [0.1, 0.15) is 22.9 Å². The highest BCUT2D eigenvalue weighted by atomic mass is 19.1. The summed E-state index contributed by atoms with van der Waals surface area (Å²) >= 11 is 0. The van der Waals surface area contributed by atoms with Gasteiger partial charge >= 0.3 is 5.97 Å². The number of benzene rings is 1. The van der Waals surface area contributed by atoms with Crippen LogP contribution in [0, 0.1) is 5.82 Å². The van der Waals surface area contributed by atoms with Crippen LogP contribution in [0.15, 0.2) is 36.7 Å². The average molecular weight is 370 g/mol. The third kappa shape index (κ3) is 3.42. The van der Waals surface area contributed by atoms with Crippen LogP contribution in [0.4, 0.5) is 10.2 Å². The van der Waals surface area contributed by atoms with Gasteiger partial charge in [0.05, 0.1) is 24.9 Å². The maximum atomic E-state index is 13.8. The van der Waals surface area contributed by atoms with Crippen molar-refractivity contribution in [2.45, 2.75) is 32.4 Å². The van der Waals surface area contributed by atoms with Crippen molar-refractivity contribution in [1.29, 1.82) is 0 Å². The first-order chi connectivity index (χ1) is 13.0. The van der Waals surface area contributed by atoms with Crippen molar-refractivity contribution in [2.24, 2.45) is 0 Å². The lowest BCUT2D eigenvalue weighted by Gasteiger charge is -2.22. The molecule has 2 bridgehead atoms. The number of nitrogens with one attached hydrogen (secondary N) is 1. The van der Waals surface area contributed by atoms with Gasteiger partial charge in [-0.1, -0.05) is 0 Å². The van der Waals surface area contributed by atoms with E-state index in [4.69, 9.17) is 9.47 Å². The molecule has 3 heterocycles. The molecule has 2 atom stereocenters. The van der Waals surface area contributed by atoms with E-state index in [1.165, 1.54) is 22.8 Å². The molecule has 0 amide bonds. The molecule has 0 aliphatic carbocycles. The Balaban J connectivity index is 1.78. The number of hydrogen-bond donors (Lipinski definition) is 1. The smallest absolute Gasteiger partial charge is 0.343 e. The van der Waals surface area contributed by atoms with Gasteiger partial charge in [-0.3, -0.25) is 0 Å². The molecule has 0 fully saturated rings. The van der Waals surface area contributed by atoms with Crippen LogP contribution in [-0.4, -0.2) is 33.3 Å². The second kappa shape index (κ2) is 6.86. The van der Waals surface area contributed by atoms with Crippen molar-refractivity contribution in [3.8, 4) is 5.75 Å². The summed E-state index contributed by atoms with van der Waals surface area (Å²) in [5.41, 5.74) is 1.38. The summed E-state index contributed by atoms with van der Waals surface area (Å²) in [4.78, 5) is 16.8. The van der Waals surface area contributed by atoms with Crippen LogP contribution in [0.5, 0.6) is 5.75 Å². The number of nitrogens with zero attached hydrogens (tertiary/aromatic N) is 3. The number of anilines is 1. The Hall–Kier alpha value is -3.16. The average Bonchev–Trinajstić information content (AvgIpc) is 3.05. The fraction of sp³-hybridized carbons (Fsp3) is 0.316. The maximum absolute atomic E-state index is 13.8. The summed E-state index contributed by atoms with van der Waals surface area (Å²) in [7, 11) is 0. The first-order valence-corrected chi connectivity index (χ1v) is 8.75. The Labute approximate surface area is 155 Å². The fourth-order valence-electron chi connectivity index (χ4n) is 3.03. The molecule has 8 heteroatoms. The van der Waals surface area contributed by atoms with Gasteiger partial charge in [-0.2, -0.15) is 5.10 Å². The van der Waals surface area contributed by atoms with Gasteiger partial charge in [0, 0.05) is 18.2 Å². The first-order valence-electron chi connectivity index (χ1n) is 8.75. The Morgan fingerprint density at radius 1 is 1.30 bits per heavy atom. The summed E-state index contributed by atoms with van der Waals surface area (Å²) in [6, 6.07) is 5.90. The van der Waals surface area contributed by atoms with E-state index in [0.717, 1.165) is 0 Å². The lowest BCUT2D eigenvalue weighted by molar-refractivity contribution is 0.0458. The summed E-state index contributed by atoms with van der Waals surface area (Å²) in [5, 5.41) is 7.37. The van der Waals surface area contributed by atoms with E-state index in [0.29, 0.717) is 34.8 Å².